The maximum atomic E-state index is 6.10. The van der Waals surface area contributed by atoms with Crippen LogP contribution < -0.4 is 0 Å². The Balaban J connectivity index is 1.69. The molecular formula is C9H22O6Si4. The fourth-order valence-corrected chi connectivity index (χ4v) is 13.1. The van der Waals surface area contributed by atoms with Gasteiger partial charge in [-0.1, -0.05) is 0 Å². The topological polar surface area (TPSA) is 58.7 Å². The highest BCUT2D eigenvalue weighted by molar-refractivity contribution is 6.79. The third-order valence-electron chi connectivity index (χ3n) is 2.88. The molecule has 0 N–H and O–H groups in total. The van der Waals surface area contributed by atoms with Crippen LogP contribution in [0, 0.1) is 0 Å². The van der Waals surface area contributed by atoms with E-state index >= 15 is 0 Å². The molecule has 2 aliphatic heterocycles. The SMILES string of the molecule is C[SiH]1O[Si]O[SiH](C)O[Si](C)(CCCOCC2CO2)O1. The highest BCUT2D eigenvalue weighted by atomic mass is 28.5. The number of epoxide rings is 1. The second-order valence-corrected chi connectivity index (χ2v) is 13.9. The summed E-state index contributed by atoms with van der Waals surface area (Å²) in [4.78, 5) is 0. The summed E-state index contributed by atoms with van der Waals surface area (Å²) in [6.45, 7) is 8.48. The van der Waals surface area contributed by atoms with E-state index in [1.807, 2.05) is 13.1 Å². The van der Waals surface area contributed by atoms with Gasteiger partial charge in [-0.3, -0.25) is 0 Å². The summed E-state index contributed by atoms with van der Waals surface area (Å²) in [5.74, 6) is 0. The van der Waals surface area contributed by atoms with E-state index in [4.69, 9.17) is 25.9 Å². The molecule has 0 aromatic rings. The van der Waals surface area contributed by atoms with Crippen LogP contribution in [0.15, 0.2) is 0 Å². The predicted octanol–water partition coefficient (Wildman–Crippen LogP) is 0.179. The Kier molecular flexibility index (Phi) is 6.39. The van der Waals surface area contributed by atoms with Gasteiger partial charge in [-0.25, -0.2) is 0 Å². The molecule has 0 aliphatic carbocycles. The molecule has 2 heterocycles. The largest absolute Gasteiger partial charge is 0.418 e. The van der Waals surface area contributed by atoms with Crippen LogP contribution in [0.5, 0.6) is 0 Å². The second-order valence-electron chi connectivity index (χ2n) is 4.96. The number of hydrogen-bond acceptors (Lipinski definition) is 6. The smallest absolute Gasteiger partial charge is 0.412 e. The molecule has 0 saturated carbocycles. The summed E-state index contributed by atoms with van der Waals surface area (Å²) >= 11 is 0. The molecule has 2 radical (unpaired) electrons. The summed E-state index contributed by atoms with van der Waals surface area (Å²) < 4.78 is 34.0. The van der Waals surface area contributed by atoms with Crippen LogP contribution in [0.1, 0.15) is 6.42 Å². The van der Waals surface area contributed by atoms with Crippen molar-refractivity contribution in [2.75, 3.05) is 19.8 Å². The maximum Gasteiger partial charge on any atom is 0.412 e. The monoisotopic (exact) mass is 338 g/mol. The van der Waals surface area contributed by atoms with Gasteiger partial charge < -0.3 is 25.9 Å². The van der Waals surface area contributed by atoms with Gasteiger partial charge in [0.2, 0.25) is 0 Å². The molecule has 0 spiro atoms. The van der Waals surface area contributed by atoms with Gasteiger partial charge in [0.05, 0.1) is 13.2 Å². The molecule has 0 aromatic heterocycles. The third-order valence-corrected chi connectivity index (χ3v) is 14.2. The molecule has 10 heteroatoms. The predicted molar refractivity (Wildman–Crippen MR) is 77.7 cm³/mol. The van der Waals surface area contributed by atoms with Crippen LogP contribution in [0.3, 0.4) is 0 Å². The van der Waals surface area contributed by atoms with E-state index in [1.165, 1.54) is 0 Å². The van der Waals surface area contributed by atoms with Crippen molar-refractivity contribution < 1.29 is 25.9 Å². The first-order valence-corrected chi connectivity index (χ1v) is 14.2. The van der Waals surface area contributed by atoms with Crippen LogP contribution in [-0.4, -0.2) is 63.1 Å². The second kappa shape index (κ2) is 7.58. The zero-order valence-corrected chi connectivity index (χ0v) is 16.0. The first-order valence-electron chi connectivity index (χ1n) is 6.69. The van der Waals surface area contributed by atoms with Gasteiger partial charge in [0, 0.05) is 6.61 Å². The van der Waals surface area contributed by atoms with E-state index < -0.39 is 27.1 Å². The van der Waals surface area contributed by atoms with Gasteiger partial charge in [0.1, 0.15) is 6.10 Å². The van der Waals surface area contributed by atoms with Crippen LogP contribution in [0.4, 0.5) is 0 Å². The van der Waals surface area contributed by atoms with E-state index in [-0.39, 0.29) is 10.0 Å². The summed E-state index contributed by atoms with van der Waals surface area (Å²) in [7, 11) is -5.25. The number of ether oxygens (including phenoxy) is 2. The lowest BCUT2D eigenvalue weighted by Gasteiger charge is -2.34. The van der Waals surface area contributed by atoms with Gasteiger partial charge in [0.15, 0.2) is 0 Å². The van der Waals surface area contributed by atoms with Gasteiger partial charge in [0.25, 0.3) is 18.6 Å². The lowest BCUT2D eigenvalue weighted by atomic mass is 10.5. The van der Waals surface area contributed by atoms with Crippen LogP contribution >= 0.6 is 0 Å². The van der Waals surface area contributed by atoms with Gasteiger partial charge in [-0.2, -0.15) is 0 Å². The molecule has 6 nitrogen and oxygen atoms in total. The van der Waals surface area contributed by atoms with Crippen LogP contribution in [-0.2, 0) is 25.9 Å². The molecule has 0 amide bonds. The van der Waals surface area contributed by atoms with Crippen molar-refractivity contribution >= 4 is 37.1 Å². The lowest BCUT2D eigenvalue weighted by molar-refractivity contribution is 0.115. The van der Waals surface area contributed by atoms with Crippen LogP contribution in [0.2, 0.25) is 25.7 Å². The lowest BCUT2D eigenvalue weighted by Crippen LogP contribution is -2.51. The van der Waals surface area contributed by atoms with Crippen molar-refractivity contribution in [2.45, 2.75) is 38.2 Å². The fourth-order valence-electron chi connectivity index (χ4n) is 1.93. The molecule has 2 fully saturated rings. The molecule has 3 unspecified atom stereocenters. The van der Waals surface area contributed by atoms with E-state index in [0.29, 0.717) is 12.7 Å². The number of rotatable bonds is 6. The minimum Gasteiger partial charge on any atom is -0.418 e. The molecular weight excluding hydrogens is 316 g/mol. The van der Waals surface area contributed by atoms with E-state index in [2.05, 4.69) is 6.55 Å². The fraction of sp³-hybridized carbons (Fsp3) is 1.00. The average Bonchev–Trinajstić information content (AvgIpc) is 3.10. The van der Waals surface area contributed by atoms with Gasteiger partial charge >= 0.3 is 18.6 Å². The molecule has 0 bridgehead atoms. The minimum absolute atomic E-state index is 0.0904. The Morgan fingerprint density at radius 2 is 1.89 bits per heavy atom. The minimum atomic E-state index is -2.14. The summed E-state index contributed by atoms with van der Waals surface area (Å²) in [5, 5.41) is 0. The Morgan fingerprint density at radius 3 is 2.47 bits per heavy atom. The van der Waals surface area contributed by atoms with Crippen molar-refractivity contribution in [3.63, 3.8) is 0 Å². The average molecular weight is 339 g/mol. The van der Waals surface area contributed by atoms with E-state index in [1.54, 1.807) is 0 Å². The Bertz CT molecular complexity index is 267. The van der Waals surface area contributed by atoms with E-state index in [0.717, 1.165) is 25.7 Å². The van der Waals surface area contributed by atoms with E-state index in [9.17, 15) is 0 Å². The molecule has 19 heavy (non-hydrogen) atoms. The van der Waals surface area contributed by atoms with Crippen molar-refractivity contribution in [3.8, 4) is 0 Å². The zero-order chi connectivity index (χ0) is 13.7. The Labute approximate surface area is 121 Å². The Hall–Kier alpha value is 0.628. The van der Waals surface area contributed by atoms with Crippen molar-refractivity contribution in [1.82, 2.24) is 0 Å². The quantitative estimate of drug-likeness (QED) is 0.391. The standard InChI is InChI=1S/C9H22O6Si4/c1-17-12-16-13-18(2)15-19(3,14-17)6-4-5-10-7-9-8-11-9/h9,17-18H,4-8H2,1-3H3. The summed E-state index contributed by atoms with van der Waals surface area (Å²) in [6, 6.07) is 0.934. The molecule has 110 valence electrons. The zero-order valence-electron chi connectivity index (χ0n) is 11.7. The first-order chi connectivity index (χ1) is 9.07. The molecule has 3 atom stereocenters. The van der Waals surface area contributed by atoms with Gasteiger partial charge in [-0.05, 0) is 32.1 Å². The number of hydrogen-bond donors (Lipinski definition) is 0. The molecule has 2 saturated heterocycles. The Morgan fingerprint density at radius 1 is 1.26 bits per heavy atom. The van der Waals surface area contributed by atoms with Crippen LogP contribution in [0.25, 0.3) is 0 Å². The van der Waals surface area contributed by atoms with Crippen molar-refractivity contribution in [2.24, 2.45) is 0 Å². The molecule has 2 rings (SSSR count). The molecule has 2 aliphatic rings. The maximum absolute atomic E-state index is 6.10. The van der Waals surface area contributed by atoms with Gasteiger partial charge in [-0.15, -0.1) is 0 Å². The molecule has 0 aromatic carbocycles. The summed E-state index contributed by atoms with van der Waals surface area (Å²) in [5.41, 5.74) is 0. The van der Waals surface area contributed by atoms with Crippen molar-refractivity contribution in [3.05, 3.63) is 0 Å². The highest BCUT2D eigenvalue weighted by Crippen LogP contribution is 2.20. The third kappa shape index (κ3) is 6.28. The normalized spacial score (nSPS) is 39.6. The van der Waals surface area contributed by atoms with Crippen molar-refractivity contribution in [1.29, 1.82) is 0 Å². The summed E-state index contributed by atoms with van der Waals surface area (Å²) in [6.07, 6.45) is 1.30. The highest BCUT2D eigenvalue weighted by Gasteiger charge is 2.37. The first kappa shape index (κ1) is 16.0.